The van der Waals surface area contributed by atoms with E-state index in [9.17, 15) is 0 Å². The van der Waals surface area contributed by atoms with Crippen molar-refractivity contribution >= 4 is 23.2 Å². The SMILES string of the molecule is C=C(C[PH](c1ccccc1)(c1ccccc1)c1ccccc1)OC. The second-order valence-corrected chi connectivity index (χ2v) is 9.82. The van der Waals surface area contributed by atoms with Gasteiger partial charge in [0.15, 0.2) is 0 Å². The van der Waals surface area contributed by atoms with Crippen molar-refractivity contribution in [3.8, 4) is 0 Å². The molecule has 0 aliphatic rings. The standard InChI is InChI=1S/C22H23OP/c1-19(23-2)18-24(20-12-6-3-7-13-20,21-14-8-4-9-15-21)22-16-10-5-11-17-22/h3-17,24H,1,18H2,2H3. The van der Waals surface area contributed by atoms with E-state index in [0.717, 1.165) is 11.9 Å². The normalized spacial score (nSPS) is 11.7. The third kappa shape index (κ3) is 3.13. The van der Waals surface area contributed by atoms with Gasteiger partial charge in [0.2, 0.25) is 0 Å². The molecule has 0 bridgehead atoms. The predicted molar refractivity (Wildman–Crippen MR) is 108 cm³/mol. The summed E-state index contributed by atoms with van der Waals surface area (Å²) in [7, 11) is -0.522. The van der Waals surface area contributed by atoms with Crippen molar-refractivity contribution in [2.75, 3.05) is 13.3 Å². The van der Waals surface area contributed by atoms with Gasteiger partial charge in [0.05, 0.1) is 0 Å². The van der Waals surface area contributed by atoms with E-state index in [0.29, 0.717) is 0 Å². The van der Waals surface area contributed by atoms with Gasteiger partial charge in [-0.3, -0.25) is 0 Å². The molecule has 3 aromatic carbocycles. The summed E-state index contributed by atoms with van der Waals surface area (Å²) >= 11 is 0. The Labute approximate surface area is 145 Å². The molecule has 0 aromatic heterocycles. The predicted octanol–water partition coefficient (Wildman–Crippen LogP) is 3.87. The first-order valence-electron chi connectivity index (χ1n) is 8.16. The van der Waals surface area contributed by atoms with Crippen LogP contribution in [0.4, 0.5) is 0 Å². The van der Waals surface area contributed by atoms with Crippen LogP contribution in [0.15, 0.2) is 103 Å². The average Bonchev–Trinajstić information content (AvgIpc) is 2.68. The van der Waals surface area contributed by atoms with E-state index in [1.165, 1.54) is 15.9 Å². The minimum absolute atomic E-state index is 0.832. The van der Waals surface area contributed by atoms with Gasteiger partial charge in [-0.2, -0.15) is 0 Å². The number of allylic oxidation sites excluding steroid dienone is 1. The van der Waals surface area contributed by atoms with Gasteiger partial charge < -0.3 is 0 Å². The fourth-order valence-electron chi connectivity index (χ4n) is 3.34. The van der Waals surface area contributed by atoms with Crippen molar-refractivity contribution in [1.82, 2.24) is 0 Å². The van der Waals surface area contributed by atoms with Crippen molar-refractivity contribution in [3.05, 3.63) is 103 Å². The molecule has 2 heteroatoms. The van der Waals surface area contributed by atoms with E-state index in [-0.39, 0.29) is 0 Å². The Morgan fingerprint density at radius 1 is 0.708 bits per heavy atom. The van der Waals surface area contributed by atoms with Gasteiger partial charge in [-0.25, -0.2) is 0 Å². The Balaban J connectivity index is 2.30. The molecule has 3 rings (SSSR count). The average molecular weight is 334 g/mol. The number of methoxy groups -OCH3 is 1. The molecule has 24 heavy (non-hydrogen) atoms. The molecule has 1 nitrogen and oxygen atoms in total. The molecule has 122 valence electrons. The topological polar surface area (TPSA) is 9.23 Å². The second-order valence-electron chi connectivity index (χ2n) is 5.92. The monoisotopic (exact) mass is 334 g/mol. The number of hydrogen-bond donors (Lipinski definition) is 0. The van der Waals surface area contributed by atoms with Crippen molar-refractivity contribution in [2.24, 2.45) is 0 Å². The summed E-state index contributed by atoms with van der Waals surface area (Å²) in [6, 6.07) is 32.4. The second kappa shape index (κ2) is 7.47. The zero-order valence-corrected chi connectivity index (χ0v) is 15.0. The van der Waals surface area contributed by atoms with Gasteiger partial charge in [-0.15, -0.1) is 0 Å². The molecule has 0 spiro atoms. The number of hydrogen-bond acceptors (Lipinski definition) is 1. The van der Waals surface area contributed by atoms with Crippen LogP contribution in [0, 0.1) is 0 Å². The molecule has 0 aliphatic heterocycles. The Hall–Kier alpha value is -2.37. The van der Waals surface area contributed by atoms with Crippen LogP contribution in [0.3, 0.4) is 0 Å². The molecule has 0 heterocycles. The number of rotatable bonds is 6. The van der Waals surface area contributed by atoms with Crippen molar-refractivity contribution in [1.29, 1.82) is 0 Å². The summed E-state index contributed by atoms with van der Waals surface area (Å²) in [5.74, 6) is 0.832. The summed E-state index contributed by atoms with van der Waals surface area (Å²) < 4.78 is 5.51. The Kier molecular flexibility index (Phi) is 5.13. The first-order chi connectivity index (χ1) is 11.8. The van der Waals surface area contributed by atoms with E-state index >= 15 is 0 Å². The molecule has 0 aliphatic carbocycles. The molecule has 0 unspecified atom stereocenters. The maximum atomic E-state index is 5.51. The van der Waals surface area contributed by atoms with Gasteiger partial charge in [0.1, 0.15) is 0 Å². The fraction of sp³-hybridized carbons (Fsp3) is 0.0909. The molecule has 0 amide bonds. The summed E-state index contributed by atoms with van der Waals surface area (Å²) in [5.41, 5.74) is 0. The van der Waals surface area contributed by atoms with Crippen LogP contribution in [0.25, 0.3) is 0 Å². The summed E-state index contributed by atoms with van der Waals surface area (Å²) in [6.07, 6.45) is 0.835. The van der Waals surface area contributed by atoms with Crippen LogP contribution in [-0.2, 0) is 4.74 Å². The molecule has 0 atom stereocenters. The third-order valence-electron chi connectivity index (χ3n) is 4.55. The molecule has 0 N–H and O–H groups in total. The Morgan fingerprint density at radius 2 is 1.04 bits per heavy atom. The van der Waals surface area contributed by atoms with E-state index in [1.807, 2.05) is 0 Å². The maximum absolute atomic E-state index is 5.51. The Morgan fingerprint density at radius 3 is 1.33 bits per heavy atom. The van der Waals surface area contributed by atoms with Gasteiger partial charge in [0.25, 0.3) is 0 Å². The van der Waals surface area contributed by atoms with E-state index < -0.39 is 7.26 Å². The van der Waals surface area contributed by atoms with Crippen LogP contribution in [0.5, 0.6) is 0 Å². The van der Waals surface area contributed by atoms with Gasteiger partial charge in [-0.1, -0.05) is 0 Å². The quantitative estimate of drug-likeness (QED) is 0.491. The van der Waals surface area contributed by atoms with Gasteiger partial charge in [0, 0.05) is 0 Å². The van der Waals surface area contributed by atoms with Gasteiger partial charge >= 0.3 is 145 Å². The summed E-state index contributed by atoms with van der Waals surface area (Å²) in [4.78, 5) is 0. The molecule has 3 aromatic rings. The fourth-order valence-corrected chi connectivity index (χ4v) is 7.97. The van der Waals surface area contributed by atoms with E-state index in [4.69, 9.17) is 4.74 Å². The van der Waals surface area contributed by atoms with Crippen LogP contribution < -0.4 is 15.9 Å². The van der Waals surface area contributed by atoms with Crippen LogP contribution in [0.1, 0.15) is 0 Å². The molecule has 0 radical (unpaired) electrons. The van der Waals surface area contributed by atoms with Crippen LogP contribution in [-0.4, -0.2) is 13.3 Å². The third-order valence-corrected chi connectivity index (χ3v) is 9.43. The first-order valence-corrected chi connectivity index (χ1v) is 10.4. The molecule has 0 fully saturated rings. The summed E-state index contributed by atoms with van der Waals surface area (Å²) in [6.45, 7) is 4.15. The molecular formula is C22H23OP. The zero-order valence-electron chi connectivity index (χ0n) is 14.0. The Bertz CT molecular complexity index is 685. The van der Waals surface area contributed by atoms with Crippen LogP contribution >= 0.6 is 7.26 Å². The minimum atomic E-state index is -2.23. The van der Waals surface area contributed by atoms with Crippen molar-refractivity contribution < 1.29 is 4.74 Å². The van der Waals surface area contributed by atoms with Crippen LogP contribution in [0.2, 0.25) is 0 Å². The van der Waals surface area contributed by atoms with E-state index in [2.05, 4.69) is 97.6 Å². The summed E-state index contributed by atoms with van der Waals surface area (Å²) in [5, 5.41) is 4.13. The number of ether oxygens (including phenoxy) is 1. The number of benzene rings is 3. The van der Waals surface area contributed by atoms with Gasteiger partial charge in [-0.05, 0) is 0 Å². The molecular weight excluding hydrogens is 311 g/mol. The zero-order chi connectivity index (χ0) is 16.8. The van der Waals surface area contributed by atoms with Crippen molar-refractivity contribution in [3.63, 3.8) is 0 Å². The van der Waals surface area contributed by atoms with Crippen molar-refractivity contribution in [2.45, 2.75) is 0 Å². The first kappa shape index (κ1) is 16.5. The van der Waals surface area contributed by atoms with E-state index in [1.54, 1.807) is 7.11 Å². The molecule has 0 saturated carbocycles. The molecule has 0 saturated heterocycles.